The Morgan fingerprint density at radius 1 is 1.20 bits per heavy atom. The van der Waals surface area contributed by atoms with Gasteiger partial charge in [-0.3, -0.25) is 4.79 Å². The molecule has 0 fully saturated rings. The predicted molar refractivity (Wildman–Crippen MR) is 78.5 cm³/mol. The van der Waals surface area contributed by atoms with Crippen LogP contribution in [0.15, 0.2) is 51.4 Å². The van der Waals surface area contributed by atoms with Crippen LogP contribution in [0.4, 0.5) is 4.39 Å². The Bertz CT molecular complexity index is 820. The standard InChI is InChI=1S/C16H10BrFO2/c1-9-13-8-11(17)5-6-14(13)20-16(9)15(19)10-3-2-4-12(18)7-10/h2-8H,1H3. The second-order valence-electron chi connectivity index (χ2n) is 4.54. The van der Waals surface area contributed by atoms with E-state index in [-0.39, 0.29) is 17.1 Å². The Morgan fingerprint density at radius 3 is 2.75 bits per heavy atom. The van der Waals surface area contributed by atoms with Crippen LogP contribution in [0.1, 0.15) is 21.7 Å². The van der Waals surface area contributed by atoms with E-state index < -0.39 is 5.82 Å². The van der Waals surface area contributed by atoms with Gasteiger partial charge in [0.2, 0.25) is 5.78 Å². The zero-order chi connectivity index (χ0) is 14.3. The number of hydrogen-bond donors (Lipinski definition) is 0. The summed E-state index contributed by atoms with van der Waals surface area (Å²) < 4.78 is 19.7. The van der Waals surface area contributed by atoms with Gasteiger partial charge in [0.1, 0.15) is 11.4 Å². The van der Waals surface area contributed by atoms with Crippen LogP contribution in [0.25, 0.3) is 11.0 Å². The van der Waals surface area contributed by atoms with E-state index in [9.17, 15) is 9.18 Å². The van der Waals surface area contributed by atoms with Crippen molar-refractivity contribution in [2.45, 2.75) is 6.92 Å². The summed E-state index contributed by atoms with van der Waals surface area (Å²) in [5, 5.41) is 0.874. The summed E-state index contributed by atoms with van der Waals surface area (Å²) in [6.07, 6.45) is 0. The lowest BCUT2D eigenvalue weighted by atomic mass is 10.0. The largest absolute Gasteiger partial charge is 0.452 e. The fourth-order valence-corrected chi connectivity index (χ4v) is 2.53. The average Bonchev–Trinajstić information content (AvgIpc) is 2.75. The van der Waals surface area contributed by atoms with E-state index in [4.69, 9.17) is 4.42 Å². The van der Waals surface area contributed by atoms with Crippen LogP contribution in [0, 0.1) is 12.7 Å². The van der Waals surface area contributed by atoms with Crippen molar-refractivity contribution in [1.29, 1.82) is 0 Å². The van der Waals surface area contributed by atoms with E-state index in [1.165, 1.54) is 18.2 Å². The molecule has 0 bridgehead atoms. The van der Waals surface area contributed by atoms with Gasteiger partial charge in [-0.25, -0.2) is 4.39 Å². The number of carbonyl (C=O) groups is 1. The van der Waals surface area contributed by atoms with Gasteiger partial charge >= 0.3 is 0 Å². The third-order valence-corrected chi connectivity index (χ3v) is 3.68. The molecule has 0 atom stereocenters. The summed E-state index contributed by atoms with van der Waals surface area (Å²) in [5.41, 5.74) is 1.69. The highest BCUT2D eigenvalue weighted by Crippen LogP contribution is 2.29. The van der Waals surface area contributed by atoms with E-state index in [2.05, 4.69) is 15.9 Å². The van der Waals surface area contributed by atoms with Gasteiger partial charge in [-0.05, 0) is 37.3 Å². The lowest BCUT2D eigenvalue weighted by Gasteiger charge is -1.99. The molecule has 0 aliphatic carbocycles. The van der Waals surface area contributed by atoms with E-state index >= 15 is 0 Å². The molecule has 0 unspecified atom stereocenters. The Labute approximate surface area is 123 Å². The predicted octanol–water partition coefficient (Wildman–Crippen LogP) is 4.87. The van der Waals surface area contributed by atoms with E-state index in [1.54, 1.807) is 12.1 Å². The summed E-state index contributed by atoms with van der Waals surface area (Å²) in [6.45, 7) is 1.82. The molecule has 3 rings (SSSR count). The number of ketones is 1. The molecule has 20 heavy (non-hydrogen) atoms. The van der Waals surface area contributed by atoms with Crippen molar-refractivity contribution in [3.63, 3.8) is 0 Å². The third kappa shape index (κ3) is 2.16. The maximum absolute atomic E-state index is 13.2. The molecule has 3 aromatic rings. The number of furan rings is 1. The van der Waals surface area contributed by atoms with Crippen LogP contribution < -0.4 is 0 Å². The molecule has 0 amide bonds. The molecule has 0 radical (unpaired) electrons. The summed E-state index contributed by atoms with van der Waals surface area (Å²) in [7, 11) is 0. The molecular formula is C16H10BrFO2. The van der Waals surface area contributed by atoms with Gasteiger partial charge in [0, 0.05) is 21.0 Å². The van der Waals surface area contributed by atoms with Crippen molar-refractivity contribution in [3.05, 3.63) is 69.6 Å². The van der Waals surface area contributed by atoms with Gasteiger partial charge in [-0.2, -0.15) is 0 Å². The molecule has 1 aromatic heterocycles. The average molecular weight is 333 g/mol. The summed E-state index contributed by atoms with van der Waals surface area (Å²) in [5.74, 6) is -0.495. The van der Waals surface area contributed by atoms with E-state index in [1.807, 2.05) is 19.1 Å². The van der Waals surface area contributed by atoms with Gasteiger partial charge in [0.05, 0.1) is 0 Å². The number of benzene rings is 2. The second-order valence-corrected chi connectivity index (χ2v) is 5.45. The zero-order valence-corrected chi connectivity index (χ0v) is 12.2. The lowest BCUT2D eigenvalue weighted by molar-refractivity contribution is 0.101. The second kappa shape index (κ2) is 4.87. The maximum Gasteiger partial charge on any atom is 0.228 e. The van der Waals surface area contributed by atoms with Crippen LogP contribution in [-0.4, -0.2) is 5.78 Å². The Morgan fingerprint density at radius 2 is 2.00 bits per heavy atom. The minimum absolute atomic E-state index is 0.253. The summed E-state index contributed by atoms with van der Waals surface area (Å²) in [4.78, 5) is 12.4. The van der Waals surface area contributed by atoms with Gasteiger partial charge in [-0.15, -0.1) is 0 Å². The molecule has 0 aliphatic heterocycles. The Hall–Kier alpha value is -1.94. The molecule has 1 heterocycles. The van der Waals surface area contributed by atoms with E-state index in [0.29, 0.717) is 5.58 Å². The third-order valence-electron chi connectivity index (χ3n) is 3.19. The zero-order valence-electron chi connectivity index (χ0n) is 10.6. The van der Waals surface area contributed by atoms with Gasteiger partial charge in [0.25, 0.3) is 0 Å². The van der Waals surface area contributed by atoms with Crippen LogP contribution >= 0.6 is 15.9 Å². The highest BCUT2D eigenvalue weighted by Gasteiger charge is 2.19. The number of rotatable bonds is 2. The molecule has 0 saturated heterocycles. The first kappa shape index (κ1) is 13.1. The van der Waals surface area contributed by atoms with Crippen molar-refractivity contribution < 1.29 is 13.6 Å². The highest BCUT2D eigenvalue weighted by atomic mass is 79.9. The molecular weight excluding hydrogens is 323 g/mol. The summed E-state index contributed by atoms with van der Waals surface area (Å²) in [6, 6.07) is 11.2. The van der Waals surface area contributed by atoms with Crippen LogP contribution in [0.2, 0.25) is 0 Å². The molecule has 4 heteroatoms. The molecule has 0 spiro atoms. The Balaban J connectivity index is 2.15. The monoisotopic (exact) mass is 332 g/mol. The number of fused-ring (bicyclic) bond motifs is 1. The van der Waals surface area contributed by atoms with Crippen molar-refractivity contribution in [1.82, 2.24) is 0 Å². The lowest BCUT2D eigenvalue weighted by Crippen LogP contribution is -2.01. The van der Waals surface area contributed by atoms with Gasteiger partial charge in [0.15, 0.2) is 5.76 Å². The SMILES string of the molecule is Cc1c(C(=O)c2cccc(F)c2)oc2ccc(Br)cc12. The molecule has 0 aliphatic rings. The molecule has 100 valence electrons. The summed E-state index contributed by atoms with van der Waals surface area (Å²) >= 11 is 3.39. The highest BCUT2D eigenvalue weighted by molar-refractivity contribution is 9.10. The molecule has 0 N–H and O–H groups in total. The topological polar surface area (TPSA) is 30.2 Å². The first-order chi connectivity index (χ1) is 9.56. The quantitative estimate of drug-likeness (QED) is 0.626. The van der Waals surface area contributed by atoms with Crippen molar-refractivity contribution in [3.8, 4) is 0 Å². The van der Waals surface area contributed by atoms with Crippen molar-refractivity contribution >= 4 is 32.7 Å². The number of carbonyl (C=O) groups excluding carboxylic acids is 1. The van der Waals surface area contributed by atoms with Gasteiger partial charge in [-0.1, -0.05) is 28.1 Å². The van der Waals surface area contributed by atoms with Crippen molar-refractivity contribution in [2.75, 3.05) is 0 Å². The van der Waals surface area contributed by atoms with Crippen molar-refractivity contribution in [2.24, 2.45) is 0 Å². The number of hydrogen-bond acceptors (Lipinski definition) is 2. The molecule has 2 nitrogen and oxygen atoms in total. The van der Waals surface area contributed by atoms with Gasteiger partial charge < -0.3 is 4.42 Å². The fourth-order valence-electron chi connectivity index (χ4n) is 2.17. The maximum atomic E-state index is 13.2. The first-order valence-corrected chi connectivity index (χ1v) is 6.84. The van der Waals surface area contributed by atoms with E-state index in [0.717, 1.165) is 15.4 Å². The molecule has 0 saturated carbocycles. The number of halogens is 2. The fraction of sp³-hybridized carbons (Fsp3) is 0.0625. The van der Waals surface area contributed by atoms with Crippen LogP contribution in [0.5, 0.6) is 0 Å². The minimum atomic E-state index is -0.438. The van der Waals surface area contributed by atoms with Crippen LogP contribution in [0.3, 0.4) is 0 Å². The van der Waals surface area contributed by atoms with Crippen LogP contribution in [-0.2, 0) is 0 Å². The first-order valence-electron chi connectivity index (χ1n) is 6.05. The Kier molecular flexibility index (Phi) is 3.18. The normalized spacial score (nSPS) is 10.9. The minimum Gasteiger partial charge on any atom is -0.452 e. The smallest absolute Gasteiger partial charge is 0.228 e. The number of aryl methyl sites for hydroxylation is 1. The molecule has 2 aromatic carbocycles.